The van der Waals surface area contributed by atoms with Gasteiger partial charge in [-0.3, -0.25) is 4.79 Å². The van der Waals surface area contributed by atoms with E-state index in [1.54, 1.807) is 6.07 Å². The molecule has 0 atom stereocenters. The zero-order chi connectivity index (χ0) is 14.7. The van der Waals surface area contributed by atoms with Crippen LogP contribution in [-0.2, 0) is 0 Å². The summed E-state index contributed by atoms with van der Waals surface area (Å²) in [5.74, 6) is -2.35. The van der Waals surface area contributed by atoms with Crippen molar-refractivity contribution in [1.29, 1.82) is 0 Å². The van der Waals surface area contributed by atoms with Crippen LogP contribution in [0, 0.1) is 0 Å². The first-order chi connectivity index (χ1) is 9.47. The minimum atomic E-state index is -1.09. The van der Waals surface area contributed by atoms with Crippen molar-refractivity contribution in [2.24, 2.45) is 0 Å². The molecule has 0 unspecified atom stereocenters. The van der Waals surface area contributed by atoms with Crippen LogP contribution in [0.15, 0.2) is 42.5 Å². The number of carbonyl (C=O) groups excluding carboxylic acids is 1. The van der Waals surface area contributed by atoms with Gasteiger partial charge in [-0.05, 0) is 36.4 Å². The first-order valence-electron chi connectivity index (χ1n) is 5.64. The molecule has 1 amide bonds. The van der Waals surface area contributed by atoms with Gasteiger partial charge in [0.05, 0.1) is 5.56 Å². The molecule has 0 heterocycles. The van der Waals surface area contributed by atoms with Crippen LogP contribution in [0.5, 0.6) is 11.5 Å². The summed E-state index contributed by atoms with van der Waals surface area (Å²) in [4.78, 5) is 22.7. The van der Waals surface area contributed by atoms with Crippen LogP contribution in [0.1, 0.15) is 20.7 Å². The number of hydrogen-bond donors (Lipinski definition) is 4. The Morgan fingerprint density at radius 1 is 0.900 bits per heavy atom. The van der Waals surface area contributed by atoms with Crippen LogP contribution in [0.25, 0.3) is 0 Å². The molecule has 6 nitrogen and oxygen atoms in total. The Kier molecular flexibility index (Phi) is 3.56. The number of aromatic hydroxyl groups is 2. The SMILES string of the molecule is O=C(O)c1cccc(NC(=O)c2ccc(O)c(O)c2)c1. The summed E-state index contributed by atoms with van der Waals surface area (Å²) in [6.45, 7) is 0. The lowest BCUT2D eigenvalue weighted by Gasteiger charge is -2.07. The maximum atomic E-state index is 11.9. The Labute approximate surface area is 113 Å². The van der Waals surface area contributed by atoms with Gasteiger partial charge in [-0.1, -0.05) is 6.07 Å². The molecule has 0 spiro atoms. The van der Waals surface area contributed by atoms with Crippen molar-refractivity contribution in [3.8, 4) is 11.5 Å². The number of carbonyl (C=O) groups is 2. The molecule has 0 bridgehead atoms. The second kappa shape index (κ2) is 5.31. The van der Waals surface area contributed by atoms with Crippen molar-refractivity contribution in [3.63, 3.8) is 0 Å². The second-order valence-corrected chi connectivity index (χ2v) is 4.04. The van der Waals surface area contributed by atoms with Crippen LogP contribution >= 0.6 is 0 Å². The van der Waals surface area contributed by atoms with E-state index in [0.717, 1.165) is 6.07 Å². The Morgan fingerprint density at radius 2 is 1.65 bits per heavy atom. The van der Waals surface area contributed by atoms with E-state index in [0.29, 0.717) is 5.69 Å². The number of amides is 1. The number of hydrogen-bond acceptors (Lipinski definition) is 4. The van der Waals surface area contributed by atoms with Crippen molar-refractivity contribution < 1.29 is 24.9 Å². The summed E-state index contributed by atoms with van der Waals surface area (Å²) in [5.41, 5.74) is 0.514. The number of carboxylic acid groups (broad SMARTS) is 1. The first-order valence-corrected chi connectivity index (χ1v) is 5.64. The summed E-state index contributed by atoms with van der Waals surface area (Å²) in [6.07, 6.45) is 0. The molecule has 2 aromatic carbocycles. The van der Waals surface area contributed by atoms with Gasteiger partial charge in [0.2, 0.25) is 0 Å². The molecule has 0 saturated carbocycles. The summed E-state index contributed by atoms with van der Waals surface area (Å²) in [6, 6.07) is 9.43. The summed E-state index contributed by atoms with van der Waals surface area (Å²) < 4.78 is 0. The van der Waals surface area contributed by atoms with E-state index in [2.05, 4.69) is 5.32 Å². The topological polar surface area (TPSA) is 107 Å². The minimum Gasteiger partial charge on any atom is -0.504 e. The molecule has 4 N–H and O–H groups in total. The number of anilines is 1. The van der Waals surface area contributed by atoms with E-state index >= 15 is 0 Å². The van der Waals surface area contributed by atoms with Gasteiger partial charge in [-0.25, -0.2) is 4.79 Å². The number of phenols is 2. The molecule has 0 fully saturated rings. The van der Waals surface area contributed by atoms with Crippen molar-refractivity contribution in [2.75, 3.05) is 5.32 Å². The lowest BCUT2D eigenvalue weighted by molar-refractivity contribution is 0.0696. The predicted octanol–water partition coefficient (Wildman–Crippen LogP) is 2.05. The largest absolute Gasteiger partial charge is 0.504 e. The van der Waals surface area contributed by atoms with Crippen molar-refractivity contribution in [3.05, 3.63) is 53.6 Å². The third-order valence-corrected chi connectivity index (χ3v) is 2.60. The van der Waals surface area contributed by atoms with Crippen molar-refractivity contribution >= 4 is 17.6 Å². The predicted molar refractivity (Wildman–Crippen MR) is 71.1 cm³/mol. The fourth-order valence-corrected chi connectivity index (χ4v) is 1.60. The molecular weight excluding hydrogens is 262 g/mol. The Morgan fingerprint density at radius 3 is 2.30 bits per heavy atom. The van der Waals surface area contributed by atoms with E-state index in [4.69, 9.17) is 10.2 Å². The monoisotopic (exact) mass is 273 g/mol. The van der Waals surface area contributed by atoms with Crippen LogP contribution < -0.4 is 5.32 Å². The standard InChI is InChI=1S/C14H11NO5/c16-11-5-4-8(7-12(11)17)13(18)15-10-3-1-2-9(6-10)14(19)20/h1-7,16-17H,(H,15,18)(H,19,20). The number of nitrogens with one attached hydrogen (secondary N) is 1. The molecule has 6 heteroatoms. The van der Waals surface area contributed by atoms with E-state index in [-0.39, 0.29) is 16.9 Å². The molecule has 0 aliphatic carbocycles. The highest BCUT2D eigenvalue weighted by atomic mass is 16.4. The highest BCUT2D eigenvalue weighted by molar-refractivity contribution is 6.05. The summed E-state index contributed by atoms with van der Waals surface area (Å²) in [5, 5.41) is 29.8. The average molecular weight is 273 g/mol. The van der Waals surface area contributed by atoms with Crippen LogP contribution in [-0.4, -0.2) is 27.2 Å². The molecule has 102 valence electrons. The van der Waals surface area contributed by atoms with Gasteiger partial charge in [0, 0.05) is 11.3 Å². The van der Waals surface area contributed by atoms with Gasteiger partial charge in [-0.15, -0.1) is 0 Å². The van der Waals surface area contributed by atoms with E-state index in [1.807, 2.05) is 0 Å². The number of phenolic OH excluding ortho intramolecular Hbond substituents is 2. The smallest absolute Gasteiger partial charge is 0.335 e. The maximum absolute atomic E-state index is 11.9. The molecule has 0 aliphatic heterocycles. The third-order valence-electron chi connectivity index (χ3n) is 2.60. The van der Waals surface area contributed by atoms with Crippen LogP contribution in [0.2, 0.25) is 0 Å². The maximum Gasteiger partial charge on any atom is 0.335 e. The zero-order valence-electron chi connectivity index (χ0n) is 10.2. The third kappa shape index (κ3) is 2.86. The highest BCUT2D eigenvalue weighted by Crippen LogP contribution is 2.25. The Balaban J connectivity index is 2.21. The minimum absolute atomic E-state index is 0.0522. The van der Waals surface area contributed by atoms with Crippen molar-refractivity contribution in [1.82, 2.24) is 0 Å². The quantitative estimate of drug-likeness (QED) is 0.640. The molecule has 2 rings (SSSR count). The van der Waals surface area contributed by atoms with Crippen LogP contribution in [0.4, 0.5) is 5.69 Å². The fraction of sp³-hybridized carbons (Fsp3) is 0. The lowest BCUT2D eigenvalue weighted by Crippen LogP contribution is -2.12. The summed E-state index contributed by atoms with van der Waals surface area (Å²) >= 11 is 0. The number of rotatable bonds is 3. The van der Waals surface area contributed by atoms with E-state index in [1.165, 1.54) is 30.3 Å². The normalized spacial score (nSPS) is 10.0. The van der Waals surface area contributed by atoms with Gasteiger partial charge in [0.25, 0.3) is 5.91 Å². The van der Waals surface area contributed by atoms with Gasteiger partial charge in [-0.2, -0.15) is 0 Å². The van der Waals surface area contributed by atoms with Crippen molar-refractivity contribution in [2.45, 2.75) is 0 Å². The number of benzene rings is 2. The van der Waals surface area contributed by atoms with Gasteiger partial charge >= 0.3 is 5.97 Å². The molecule has 0 saturated heterocycles. The van der Waals surface area contributed by atoms with E-state index in [9.17, 15) is 14.7 Å². The molecule has 20 heavy (non-hydrogen) atoms. The molecule has 0 aliphatic rings. The van der Waals surface area contributed by atoms with E-state index < -0.39 is 17.6 Å². The zero-order valence-corrected chi connectivity index (χ0v) is 10.2. The summed E-state index contributed by atoms with van der Waals surface area (Å²) in [7, 11) is 0. The van der Waals surface area contributed by atoms with Gasteiger partial charge < -0.3 is 20.6 Å². The van der Waals surface area contributed by atoms with Gasteiger partial charge in [0.1, 0.15) is 0 Å². The number of aromatic carboxylic acids is 1. The molecule has 0 radical (unpaired) electrons. The lowest BCUT2D eigenvalue weighted by atomic mass is 10.1. The molecule has 2 aromatic rings. The highest BCUT2D eigenvalue weighted by Gasteiger charge is 2.10. The fourth-order valence-electron chi connectivity index (χ4n) is 1.60. The molecular formula is C14H11NO5. The van der Waals surface area contributed by atoms with Gasteiger partial charge in [0.15, 0.2) is 11.5 Å². The average Bonchev–Trinajstić information content (AvgIpc) is 2.42. The Bertz CT molecular complexity index is 681. The first kappa shape index (κ1) is 13.4. The number of carboxylic acids is 1. The molecule has 0 aromatic heterocycles. The Hall–Kier alpha value is -3.02. The second-order valence-electron chi connectivity index (χ2n) is 4.04. The van der Waals surface area contributed by atoms with Crippen LogP contribution in [0.3, 0.4) is 0 Å².